The van der Waals surface area contributed by atoms with E-state index in [4.69, 9.17) is 14.2 Å². The van der Waals surface area contributed by atoms with E-state index in [1.165, 1.54) is 64.2 Å². The normalized spacial score (nSPS) is 11.4. The van der Waals surface area contributed by atoms with Crippen molar-refractivity contribution in [1.29, 1.82) is 0 Å². The smallest absolute Gasteiger partial charge is 0.305 e. The third-order valence-electron chi connectivity index (χ3n) is 9.39. The summed E-state index contributed by atoms with van der Waals surface area (Å²) in [6.45, 7) is 9.71. The zero-order valence-corrected chi connectivity index (χ0v) is 33.6. The summed E-state index contributed by atoms with van der Waals surface area (Å²) in [6, 6.07) is 0. The minimum atomic E-state index is -0.0991. The number of hydrogen-bond donors (Lipinski definition) is 0. The molecule has 0 aliphatic heterocycles. The van der Waals surface area contributed by atoms with Crippen molar-refractivity contribution in [2.45, 2.75) is 194 Å². The van der Waals surface area contributed by atoms with E-state index in [2.05, 4.69) is 23.6 Å². The summed E-state index contributed by atoms with van der Waals surface area (Å²) in [4.78, 5) is 40.7. The van der Waals surface area contributed by atoms with Crippen LogP contribution in [0.25, 0.3) is 0 Å². The number of unbranched alkanes of at least 4 members (excludes halogenated alkanes) is 20. The molecule has 0 aliphatic carbocycles. The number of nitrogens with zero attached hydrogens (tertiary/aromatic N) is 2. The van der Waals surface area contributed by atoms with Crippen LogP contribution in [-0.2, 0) is 28.6 Å². The molecule has 0 amide bonds. The average Bonchev–Trinajstić information content (AvgIpc) is 3.09. The van der Waals surface area contributed by atoms with Crippen molar-refractivity contribution in [3.63, 3.8) is 0 Å². The molecule has 0 aromatic heterocycles. The van der Waals surface area contributed by atoms with Crippen LogP contribution in [0.4, 0.5) is 0 Å². The van der Waals surface area contributed by atoms with Crippen LogP contribution in [0.5, 0.6) is 0 Å². The van der Waals surface area contributed by atoms with Crippen LogP contribution in [0, 0.1) is 0 Å². The largest absolute Gasteiger partial charge is 0.466 e. The number of ether oxygens (including phenoxy) is 3. The van der Waals surface area contributed by atoms with Crippen LogP contribution < -0.4 is 0 Å². The first-order valence-electron chi connectivity index (χ1n) is 21.2. The standard InChI is InChI=1S/C42H82N2O6/c1-5-7-9-11-13-17-23-30-40(45)48-37-27-21-15-19-25-34-44(36-39-50-42(47)32-29-33-43(3)4)35-26-20-16-22-28-38-49-41(46)31-24-18-14-12-10-8-6-2/h5-39H2,1-4H3. The molecule has 0 saturated carbocycles. The van der Waals surface area contributed by atoms with Crippen molar-refractivity contribution in [1.82, 2.24) is 9.80 Å². The fraction of sp³-hybridized carbons (Fsp3) is 0.929. The van der Waals surface area contributed by atoms with Gasteiger partial charge in [0, 0.05) is 25.8 Å². The Bertz CT molecular complexity index is 717. The molecule has 0 unspecified atom stereocenters. The Labute approximate surface area is 309 Å². The van der Waals surface area contributed by atoms with Crippen molar-refractivity contribution in [2.75, 3.05) is 60.1 Å². The maximum atomic E-state index is 12.2. The number of rotatable bonds is 39. The van der Waals surface area contributed by atoms with Gasteiger partial charge >= 0.3 is 17.9 Å². The zero-order chi connectivity index (χ0) is 36.8. The zero-order valence-electron chi connectivity index (χ0n) is 33.6. The SMILES string of the molecule is CCCCCCCCCC(=O)OCCCCCCCN(CCCCCCCOC(=O)CCCCCCCCC)CCOC(=O)CCCN(C)C. The van der Waals surface area contributed by atoms with Gasteiger partial charge in [-0.3, -0.25) is 19.3 Å². The molecule has 296 valence electrons. The van der Waals surface area contributed by atoms with Gasteiger partial charge < -0.3 is 19.1 Å². The van der Waals surface area contributed by atoms with Crippen molar-refractivity contribution in [3.05, 3.63) is 0 Å². The molecule has 0 fully saturated rings. The third-order valence-corrected chi connectivity index (χ3v) is 9.39. The van der Waals surface area contributed by atoms with Gasteiger partial charge in [0.1, 0.15) is 6.61 Å². The predicted octanol–water partition coefficient (Wildman–Crippen LogP) is 10.4. The molecule has 0 saturated heterocycles. The van der Waals surface area contributed by atoms with Gasteiger partial charge in [-0.15, -0.1) is 0 Å². The lowest BCUT2D eigenvalue weighted by Gasteiger charge is -2.22. The molecular weight excluding hydrogens is 628 g/mol. The molecule has 0 rings (SSSR count). The first-order valence-corrected chi connectivity index (χ1v) is 21.2. The van der Waals surface area contributed by atoms with Gasteiger partial charge in [-0.2, -0.15) is 0 Å². The first kappa shape index (κ1) is 48.3. The molecule has 0 aromatic rings. The van der Waals surface area contributed by atoms with Gasteiger partial charge in [-0.1, -0.05) is 129 Å². The summed E-state index contributed by atoms with van der Waals surface area (Å²) in [6.07, 6.45) is 30.3. The summed E-state index contributed by atoms with van der Waals surface area (Å²) in [5.41, 5.74) is 0. The Balaban J connectivity index is 4.08. The molecule has 0 atom stereocenters. The molecule has 0 spiro atoms. The second-order valence-corrected chi connectivity index (χ2v) is 14.7. The summed E-state index contributed by atoms with van der Waals surface area (Å²) in [5.74, 6) is -0.173. The van der Waals surface area contributed by atoms with Crippen molar-refractivity contribution in [2.24, 2.45) is 0 Å². The lowest BCUT2D eigenvalue weighted by molar-refractivity contribution is -0.145. The monoisotopic (exact) mass is 711 g/mol. The first-order chi connectivity index (χ1) is 24.4. The molecule has 0 bridgehead atoms. The average molecular weight is 711 g/mol. The molecule has 0 radical (unpaired) electrons. The predicted molar refractivity (Wildman–Crippen MR) is 208 cm³/mol. The fourth-order valence-corrected chi connectivity index (χ4v) is 6.14. The minimum absolute atomic E-state index is 0.0369. The second kappa shape index (κ2) is 38.6. The summed E-state index contributed by atoms with van der Waals surface area (Å²) < 4.78 is 16.4. The maximum absolute atomic E-state index is 12.2. The molecule has 8 heteroatoms. The van der Waals surface area contributed by atoms with Gasteiger partial charge in [0.25, 0.3) is 0 Å². The number of esters is 3. The van der Waals surface area contributed by atoms with Crippen LogP contribution in [0.1, 0.15) is 194 Å². The van der Waals surface area contributed by atoms with E-state index in [0.29, 0.717) is 39.1 Å². The Morgan fingerprint density at radius 1 is 0.360 bits per heavy atom. The van der Waals surface area contributed by atoms with Crippen LogP contribution in [0.3, 0.4) is 0 Å². The van der Waals surface area contributed by atoms with Gasteiger partial charge in [0.2, 0.25) is 0 Å². The second-order valence-electron chi connectivity index (χ2n) is 14.7. The number of carbonyl (C=O) groups is 3. The van der Waals surface area contributed by atoms with Crippen LogP contribution >= 0.6 is 0 Å². The Morgan fingerprint density at radius 3 is 1.12 bits per heavy atom. The van der Waals surface area contributed by atoms with Gasteiger partial charge in [0.05, 0.1) is 13.2 Å². The van der Waals surface area contributed by atoms with E-state index in [-0.39, 0.29) is 17.9 Å². The van der Waals surface area contributed by atoms with Crippen molar-refractivity contribution < 1.29 is 28.6 Å². The molecular formula is C42H82N2O6. The number of hydrogen-bond acceptors (Lipinski definition) is 8. The van der Waals surface area contributed by atoms with Crippen molar-refractivity contribution >= 4 is 17.9 Å². The van der Waals surface area contributed by atoms with Gasteiger partial charge in [0.15, 0.2) is 0 Å². The van der Waals surface area contributed by atoms with E-state index in [1.54, 1.807) is 0 Å². The fourth-order valence-electron chi connectivity index (χ4n) is 6.14. The quantitative estimate of drug-likeness (QED) is 0.0354. The highest BCUT2D eigenvalue weighted by atomic mass is 16.5. The summed E-state index contributed by atoms with van der Waals surface area (Å²) >= 11 is 0. The van der Waals surface area contributed by atoms with E-state index in [1.807, 2.05) is 14.1 Å². The van der Waals surface area contributed by atoms with E-state index in [9.17, 15) is 14.4 Å². The van der Waals surface area contributed by atoms with E-state index in [0.717, 1.165) is 122 Å². The van der Waals surface area contributed by atoms with Crippen LogP contribution in [0.2, 0.25) is 0 Å². The molecule has 8 nitrogen and oxygen atoms in total. The maximum Gasteiger partial charge on any atom is 0.305 e. The molecule has 0 aromatic carbocycles. The summed E-state index contributed by atoms with van der Waals surface area (Å²) in [7, 11) is 4.04. The summed E-state index contributed by atoms with van der Waals surface area (Å²) in [5, 5.41) is 0. The highest BCUT2D eigenvalue weighted by Gasteiger charge is 2.09. The van der Waals surface area contributed by atoms with E-state index < -0.39 is 0 Å². The molecule has 50 heavy (non-hydrogen) atoms. The molecule has 0 aliphatic rings. The minimum Gasteiger partial charge on any atom is -0.466 e. The van der Waals surface area contributed by atoms with Gasteiger partial charge in [-0.05, 0) is 78.7 Å². The van der Waals surface area contributed by atoms with Gasteiger partial charge in [-0.25, -0.2) is 0 Å². The Morgan fingerprint density at radius 2 is 0.700 bits per heavy atom. The number of carbonyl (C=O) groups excluding carboxylic acids is 3. The third kappa shape index (κ3) is 37.6. The highest BCUT2D eigenvalue weighted by Crippen LogP contribution is 2.12. The van der Waals surface area contributed by atoms with Crippen molar-refractivity contribution in [3.8, 4) is 0 Å². The topological polar surface area (TPSA) is 85.4 Å². The van der Waals surface area contributed by atoms with Crippen LogP contribution in [0.15, 0.2) is 0 Å². The van der Waals surface area contributed by atoms with Crippen LogP contribution in [-0.4, -0.2) is 87.8 Å². The highest BCUT2D eigenvalue weighted by molar-refractivity contribution is 5.69. The van der Waals surface area contributed by atoms with E-state index >= 15 is 0 Å². The lowest BCUT2D eigenvalue weighted by atomic mass is 10.1. The molecule has 0 N–H and O–H groups in total. The Hall–Kier alpha value is -1.67. The molecule has 0 heterocycles. The Kier molecular flexibility index (Phi) is 37.3. The lowest BCUT2D eigenvalue weighted by Crippen LogP contribution is -2.30.